The maximum Gasteiger partial charge on any atom is 0.320 e. The number of hydrogen-bond acceptors (Lipinski definition) is 7. The number of urea groups is 1. The van der Waals surface area contributed by atoms with Gasteiger partial charge in [0.1, 0.15) is 12.1 Å². The van der Waals surface area contributed by atoms with E-state index in [1.165, 1.54) is 18.7 Å². The van der Waals surface area contributed by atoms with Crippen molar-refractivity contribution in [1.29, 1.82) is 0 Å². The number of piperidine rings is 1. The molecule has 164 valence electrons. The lowest BCUT2D eigenvalue weighted by Crippen LogP contribution is -2.33. The van der Waals surface area contributed by atoms with E-state index in [4.69, 9.17) is 5.73 Å². The van der Waals surface area contributed by atoms with Gasteiger partial charge in [-0.05, 0) is 57.1 Å². The number of carbonyl (C=O) groups is 1. The second-order valence-electron chi connectivity index (χ2n) is 7.14. The standard InChI is InChI=1S/C21H27FN8O/c1-2-24-21(31)29-19-12-16(26-14-27-19)13-30-10-6-15(7-11-30)17-4-5-18(28-20(17)22)25-9-3-8-23/h3-5,8-9,12,14-15H,2,6-7,10-11,13,23H2,1H3,(H2,24,26,27,29,31)/b8-3-,25-9?. The average Bonchev–Trinajstić information content (AvgIpc) is 2.75. The highest BCUT2D eigenvalue weighted by molar-refractivity contribution is 5.88. The molecule has 0 saturated carbocycles. The zero-order valence-corrected chi connectivity index (χ0v) is 17.5. The first-order valence-corrected chi connectivity index (χ1v) is 10.2. The largest absolute Gasteiger partial charge is 0.405 e. The summed E-state index contributed by atoms with van der Waals surface area (Å²) in [5.74, 6) is 0.425. The highest BCUT2D eigenvalue weighted by Gasteiger charge is 2.24. The lowest BCUT2D eigenvalue weighted by Gasteiger charge is -2.31. The molecule has 1 aliphatic heterocycles. The molecule has 2 aromatic rings. The van der Waals surface area contributed by atoms with E-state index in [-0.39, 0.29) is 11.9 Å². The van der Waals surface area contributed by atoms with Gasteiger partial charge in [-0.3, -0.25) is 10.2 Å². The molecule has 1 aliphatic rings. The number of anilines is 1. The molecule has 2 aromatic heterocycles. The van der Waals surface area contributed by atoms with Crippen LogP contribution < -0.4 is 16.4 Å². The van der Waals surface area contributed by atoms with Gasteiger partial charge in [0.05, 0.1) is 5.69 Å². The van der Waals surface area contributed by atoms with Gasteiger partial charge in [-0.1, -0.05) is 6.07 Å². The molecule has 0 bridgehead atoms. The van der Waals surface area contributed by atoms with Crippen LogP contribution in [-0.2, 0) is 6.54 Å². The average molecular weight is 427 g/mol. The summed E-state index contributed by atoms with van der Waals surface area (Å²) in [4.78, 5) is 30.3. The highest BCUT2D eigenvalue weighted by atomic mass is 19.1. The van der Waals surface area contributed by atoms with E-state index in [0.717, 1.165) is 31.6 Å². The van der Waals surface area contributed by atoms with E-state index >= 15 is 0 Å². The summed E-state index contributed by atoms with van der Waals surface area (Å²) >= 11 is 0. The second-order valence-corrected chi connectivity index (χ2v) is 7.14. The minimum absolute atomic E-state index is 0.117. The fraction of sp³-hybridized carbons (Fsp3) is 0.381. The molecule has 4 N–H and O–H groups in total. The van der Waals surface area contributed by atoms with Crippen LogP contribution in [0.5, 0.6) is 0 Å². The molecule has 10 heteroatoms. The number of rotatable bonds is 7. The molecule has 31 heavy (non-hydrogen) atoms. The van der Waals surface area contributed by atoms with Gasteiger partial charge in [0.2, 0.25) is 5.95 Å². The number of hydrogen-bond donors (Lipinski definition) is 3. The van der Waals surface area contributed by atoms with Gasteiger partial charge in [0, 0.05) is 30.9 Å². The predicted molar refractivity (Wildman–Crippen MR) is 118 cm³/mol. The predicted octanol–water partition coefficient (Wildman–Crippen LogP) is 2.71. The Labute approximate surface area is 180 Å². The molecule has 0 atom stereocenters. The van der Waals surface area contributed by atoms with Crippen LogP contribution >= 0.6 is 0 Å². The van der Waals surface area contributed by atoms with Gasteiger partial charge in [0.25, 0.3) is 0 Å². The van der Waals surface area contributed by atoms with Crippen molar-refractivity contribution in [2.45, 2.75) is 32.2 Å². The van der Waals surface area contributed by atoms with Crippen LogP contribution in [0.25, 0.3) is 0 Å². The molecule has 1 saturated heterocycles. The number of aromatic nitrogens is 3. The van der Waals surface area contributed by atoms with Gasteiger partial charge in [-0.15, -0.1) is 0 Å². The number of amides is 2. The Balaban J connectivity index is 1.55. The summed E-state index contributed by atoms with van der Waals surface area (Å²) in [5, 5.41) is 5.35. The van der Waals surface area contributed by atoms with Gasteiger partial charge >= 0.3 is 6.03 Å². The first kappa shape index (κ1) is 22.3. The monoisotopic (exact) mass is 426 g/mol. The Hall–Kier alpha value is -3.40. The second kappa shape index (κ2) is 11.1. The van der Waals surface area contributed by atoms with Crippen LogP contribution in [0.4, 0.5) is 20.8 Å². The van der Waals surface area contributed by atoms with Crippen LogP contribution in [0.2, 0.25) is 0 Å². The van der Waals surface area contributed by atoms with Crippen molar-refractivity contribution in [3.05, 3.63) is 54.0 Å². The zero-order chi connectivity index (χ0) is 22.1. The maximum atomic E-state index is 14.5. The smallest absolute Gasteiger partial charge is 0.320 e. The van der Waals surface area contributed by atoms with Crippen LogP contribution in [0, 0.1) is 5.95 Å². The van der Waals surface area contributed by atoms with Crippen molar-refractivity contribution in [3.8, 4) is 0 Å². The maximum absolute atomic E-state index is 14.5. The van der Waals surface area contributed by atoms with Crippen molar-refractivity contribution in [3.63, 3.8) is 0 Å². The SMILES string of the molecule is CCNC(=O)Nc1cc(CN2CCC(c3ccc(N=C/C=C\N)nc3F)CC2)ncn1. The van der Waals surface area contributed by atoms with Crippen LogP contribution in [0.3, 0.4) is 0 Å². The van der Waals surface area contributed by atoms with E-state index < -0.39 is 5.95 Å². The quantitative estimate of drug-likeness (QED) is 0.462. The third-order valence-corrected chi connectivity index (χ3v) is 4.98. The summed E-state index contributed by atoms with van der Waals surface area (Å²) in [6, 6.07) is 4.96. The van der Waals surface area contributed by atoms with Gasteiger partial charge in [0.15, 0.2) is 5.82 Å². The summed E-state index contributed by atoms with van der Waals surface area (Å²) in [5.41, 5.74) is 6.69. The van der Waals surface area contributed by atoms with E-state index in [1.807, 2.05) is 6.92 Å². The van der Waals surface area contributed by atoms with Crippen LogP contribution in [0.1, 0.15) is 36.9 Å². The topological polar surface area (TPSA) is 121 Å². The summed E-state index contributed by atoms with van der Waals surface area (Å²) in [6.45, 7) is 4.65. The van der Waals surface area contributed by atoms with Crippen LogP contribution in [-0.4, -0.2) is 51.7 Å². The highest BCUT2D eigenvalue weighted by Crippen LogP contribution is 2.30. The lowest BCUT2D eigenvalue weighted by atomic mass is 9.90. The molecule has 3 rings (SSSR count). The third-order valence-electron chi connectivity index (χ3n) is 4.98. The molecular formula is C21H27FN8O. The number of nitrogens with one attached hydrogen (secondary N) is 2. The van der Waals surface area contributed by atoms with Crippen molar-refractivity contribution in [2.24, 2.45) is 10.7 Å². The molecule has 1 fully saturated rings. The van der Waals surface area contributed by atoms with Crippen molar-refractivity contribution in [2.75, 3.05) is 25.0 Å². The van der Waals surface area contributed by atoms with Crippen molar-refractivity contribution >= 4 is 23.9 Å². The van der Waals surface area contributed by atoms with Gasteiger partial charge in [-0.25, -0.2) is 24.7 Å². The van der Waals surface area contributed by atoms with Crippen LogP contribution in [0.15, 0.2) is 41.8 Å². The zero-order valence-electron chi connectivity index (χ0n) is 17.5. The van der Waals surface area contributed by atoms with E-state index in [2.05, 4.69) is 35.5 Å². The third kappa shape index (κ3) is 6.54. The Morgan fingerprint density at radius 3 is 2.87 bits per heavy atom. The number of nitrogens with two attached hydrogens (primary N) is 1. The number of aliphatic imine (C=N–C) groups is 1. The van der Waals surface area contributed by atoms with Gasteiger partial charge < -0.3 is 11.1 Å². The minimum Gasteiger partial charge on any atom is -0.405 e. The normalized spacial score (nSPS) is 15.5. The van der Waals surface area contributed by atoms with Gasteiger partial charge in [-0.2, -0.15) is 4.39 Å². The summed E-state index contributed by atoms with van der Waals surface area (Å²) in [6.07, 6.45) is 7.48. The fourth-order valence-electron chi connectivity index (χ4n) is 3.49. The van der Waals surface area contributed by atoms with E-state index in [9.17, 15) is 9.18 Å². The summed E-state index contributed by atoms with van der Waals surface area (Å²) in [7, 11) is 0. The lowest BCUT2D eigenvalue weighted by molar-refractivity contribution is 0.200. The molecule has 0 aromatic carbocycles. The minimum atomic E-state index is -0.471. The molecule has 0 radical (unpaired) electrons. The Bertz CT molecular complexity index is 941. The number of halogens is 1. The molecule has 0 spiro atoms. The first-order valence-electron chi connectivity index (χ1n) is 10.2. The number of allylic oxidation sites excluding steroid dienone is 1. The fourth-order valence-corrected chi connectivity index (χ4v) is 3.49. The number of likely N-dealkylation sites (tertiary alicyclic amines) is 1. The molecule has 0 aliphatic carbocycles. The Morgan fingerprint density at radius 2 is 2.16 bits per heavy atom. The van der Waals surface area contributed by atoms with E-state index in [0.29, 0.717) is 30.3 Å². The molecule has 9 nitrogen and oxygen atoms in total. The van der Waals surface area contributed by atoms with E-state index in [1.54, 1.807) is 24.3 Å². The number of nitrogens with zero attached hydrogens (tertiary/aromatic N) is 5. The Kier molecular flexibility index (Phi) is 7.99. The van der Waals surface area contributed by atoms with Crippen molar-refractivity contribution in [1.82, 2.24) is 25.2 Å². The Morgan fingerprint density at radius 1 is 1.35 bits per heavy atom. The number of pyridine rings is 1. The molecule has 0 unspecified atom stereocenters. The molecule has 3 heterocycles. The molecule has 2 amide bonds. The first-order chi connectivity index (χ1) is 15.1. The number of carbonyl (C=O) groups excluding carboxylic acids is 1. The summed E-state index contributed by atoms with van der Waals surface area (Å²) < 4.78 is 14.5. The molecular weight excluding hydrogens is 399 g/mol. The van der Waals surface area contributed by atoms with Crippen molar-refractivity contribution < 1.29 is 9.18 Å².